The minimum Gasteiger partial charge on any atom is -0.310 e. The molecule has 6 aromatic rings. The van der Waals surface area contributed by atoms with Gasteiger partial charge in [0.05, 0.1) is 34.3 Å². The van der Waals surface area contributed by atoms with E-state index in [0.29, 0.717) is 11.1 Å². The number of nitrogens with zero attached hydrogens (tertiary/aromatic N) is 4. The predicted molar refractivity (Wildman–Crippen MR) is 150 cm³/mol. The summed E-state index contributed by atoms with van der Waals surface area (Å²) in [5, 5.41) is 21.0. The minimum absolute atomic E-state index is 0.628. The van der Waals surface area contributed by atoms with Crippen LogP contribution in [0, 0.1) is 29.6 Å². The lowest BCUT2D eigenvalue weighted by molar-refractivity contribution is 1.16. The van der Waals surface area contributed by atoms with Gasteiger partial charge in [0.2, 0.25) is 0 Å². The third kappa shape index (κ3) is 3.88. The van der Waals surface area contributed by atoms with Crippen LogP contribution in [0.15, 0.2) is 115 Å². The molecule has 0 aliphatic rings. The summed E-state index contributed by atoms with van der Waals surface area (Å²) in [4.78, 5) is 2.21. The molecule has 0 bridgehead atoms. The molecule has 174 valence electrons. The molecule has 0 N–H and O–H groups in total. The highest BCUT2D eigenvalue weighted by Crippen LogP contribution is 2.38. The number of anilines is 3. The number of fused-ring (bicyclic) bond motifs is 3. The van der Waals surface area contributed by atoms with E-state index in [9.17, 15) is 10.5 Å². The van der Waals surface area contributed by atoms with Gasteiger partial charge >= 0.3 is 0 Å². The van der Waals surface area contributed by atoms with Crippen LogP contribution in [0.2, 0.25) is 0 Å². The Morgan fingerprint density at radius 1 is 0.568 bits per heavy atom. The molecule has 0 saturated carbocycles. The monoisotopic (exact) mass is 474 g/mol. The molecule has 37 heavy (non-hydrogen) atoms. The molecule has 1 aromatic heterocycles. The van der Waals surface area contributed by atoms with Crippen LogP contribution in [0.25, 0.3) is 27.5 Å². The fourth-order valence-electron chi connectivity index (χ4n) is 5.03. The fraction of sp³-hybridized carbons (Fsp3) is 0.0303. The zero-order valence-electron chi connectivity index (χ0n) is 20.3. The average Bonchev–Trinajstić information content (AvgIpc) is 3.27. The standard InChI is InChI=1S/C33H22N4/c1-23-17-28(36(26-7-3-2-4-8-26)27-14-11-24(21-34)12-15-27)20-29(18-23)37-32-10-6-5-9-30(32)31-19-25(22-35)13-16-33(31)37/h2-20H,1H3. The van der Waals surface area contributed by atoms with Crippen molar-refractivity contribution in [1.29, 1.82) is 10.5 Å². The highest BCUT2D eigenvalue weighted by Gasteiger charge is 2.17. The molecule has 6 rings (SSSR count). The number of hydrogen-bond acceptors (Lipinski definition) is 3. The first kappa shape index (κ1) is 22.2. The molecule has 0 atom stereocenters. The van der Waals surface area contributed by atoms with Gasteiger partial charge in [-0.1, -0.05) is 36.4 Å². The lowest BCUT2D eigenvalue weighted by atomic mass is 10.1. The van der Waals surface area contributed by atoms with E-state index in [-0.39, 0.29) is 0 Å². The molecule has 0 spiro atoms. The number of hydrogen-bond donors (Lipinski definition) is 0. The minimum atomic E-state index is 0.628. The number of nitriles is 2. The Kier molecular flexibility index (Phi) is 5.41. The van der Waals surface area contributed by atoms with E-state index in [1.54, 1.807) is 0 Å². The van der Waals surface area contributed by atoms with Crippen LogP contribution in [0.1, 0.15) is 16.7 Å². The van der Waals surface area contributed by atoms with Crippen molar-refractivity contribution in [3.05, 3.63) is 132 Å². The van der Waals surface area contributed by atoms with E-state index in [2.05, 4.69) is 71.0 Å². The van der Waals surface area contributed by atoms with Gasteiger partial charge in [0, 0.05) is 33.5 Å². The first-order valence-electron chi connectivity index (χ1n) is 12.1. The van der Waals surface area contributed by atoms with Crippen molar-refractivity contribution in [2.45, 2.75) is 6.92 Å². The van der Waals surface area contributed by atoms with Gasteiger partial charge in [0.1, 0.15) is 0 Å². The molecular weight excluding hydrogens is 452 g/mol. The summed E-state index contributed by atoms with van der Waals surface area (Å²) < 4.78 is 2.27. The van der Waals surface area contributed by atoms with E-state index >= 15 is 0 Å². The third-order valence-electron chi connectivity index (χ3n) is 6.63. The maximum absolute atomic E-state index is 9.50. The van der Waals surface area contributed by atoms with Gasteiger partial charge in [0.15, 0.2) is 0 Å². The van der Waals surface area contributed by atoms with Crippen molar-refractivity contribution in [3.8, 4) is 17.8 Å². The SMILES string of the molecule is Cc1cc(N(c2ccccc2)c2ccc(C#N)cc2)cc(-n2c3ccccc3c3cc(C#N)ccc32)c1. The maximum atomic E-state index is 9.50. The second-order valence-corrected chi connectivity index (χ2v) is 9.05. The van der Waals surface area contributed by atoms with Crippen LogP contribution >= 0.6 is 0 Å². The molecule has 0 saturated heterocycles. The summed E-state index contributed by atoms with van der Waals surface area (Å²) in [5.74, 6) is 0. The van der Waals surface area contributed by atoms with Crippen molar-refractivity contribution >= 4 is 38.9 Å². The summed E-state index contributed by atoms with van der Waals surface area (Å²) in [5.41, 5.74) is 8.62. The lowest BCUT2D eigenvalue weighted by Gasteiger charge is -2.26. The molecule has 0 aliphatic carbocycles. The Morgan fingerprint density at radius 3 is 1.97 bits per heavy atom. The molecule has 4 nitrogen and oxygen atoms in total. The van der Waals surface area contributed by atoms with Gasteiger partial charge in [-0.3, -0.25) is 0 Å². The van der Waals surface area contributed by atoms with Crippen molar-refractivity contribution in [2.75, 3.05) is 4.90 Å². The third-order valence-corrected chi connectivity index (χ3v) is 6.63. The second-order valence-electron chi connectivity index (χ2n) is 9.05. The molecule has 0 amide bonds. The summed E-state index contributed by atoms with van der Waals surface area (Å²) in [7, 11) is 0. The summed E-state index contributed by atoms with van der Waals surface area (Å²) >= 11 is 0. The van der Waals surface area contributed by atoms with Gasteiger partial charge in [-0.25, -0.2) is 0 Å². The summed E-state index contributed by atoms with van der Waals surface area (Å²) in [6.45, 7) is 2.11. The molecule has 0 fully saturated rings. The van der Waals surface area contributed by atoms with E-state index in [1.807, 2.05) is 72.8 Å². The zero-order valence-corrected chi connectivity index (χ0v) is 20.3. The molecule has 1 heterocycles. The van der Waals surface area contributed by atoms with E-state index in [4.69, 9.17) is 0 Å². The van der Waals surface area contributed by atoms with Crippen LogP contribution in [0.4, 0.5) is 17.1 Å². The Bertz CT molecular complexity index is 1850. The van der Waals surface area contributed by atoms with Gasteiger partial charge in [-0.05, 0) is 91.3 Å². The van der Waals surface area contributed by atoms with Crippen LogP contribution < -0.4 is 4.90 Å². The Balaban J connectivity index is 1.60. The van der Waals surface area contributed by atoms with Crippen molar-refractivity contribution in [3.63, 3.8) is 0 Å². The van der Waals surface area contributed by atoms with Gasteiger partial charge in [0.25, 0.3) is 0 Å². The number of aromatic nitrogens is 1. The van der Waals surface area contributed by atoms with Crippen molar-refractivity contribution < 1.29 is 0 Å². The largest absolute Gasteiger partial charge is 0.310 e. The van der Waals surface area contributed by atoms with E-state index in [1.165, 1.54) is 0 Å². The number of rotatable bonds is 4. The average molecular weight is 475 g/mol. The molecule has 4 heteroatoms. The van der Waals surface area contributed by atoms with Gasteiger partial charge in [-0.2, -0.15) is 10.5 Å². The fourth-order valence-corrected chi connectivity index (χ4v) is 5.03. The first-order chi connectivity index (χ1) is 18.2. The number of aryl methyl sites for hydroxylation is 1. The van der Waals surface area contributed by atoms with Crippen LogP contribution in [-0.2, 0) is 0 Å². The highest BCUT2D eigenvalue weighted by atomic mass is 15.1. The number of para-hydroxylation sites is 2. The maximum Gasteiger partial charge on any atom is 0.0991 e. The van der Waals surface area contributed by atoms with Crippen LogP contribution in [0.3, 0.4) is 0 Å². The van der Waals surface area contributed by atoms with Gasteiger partial charge in [-0.15, -0.1) is 0 Å². The quantitative estimate of drug-likeness (QED) is 0.258. The molecule has 0 radical (unpaired) electrons. The van der Waals surface area contributed by atoms with Crippen LogP contribution in [0.5, 0.6) is 0 Å². The lowest BCUT2D eigenvalue weighted by Crippen LogP contribution is -2.11. The zero-order chi connectivity index (χ0) is 25.4. The molecule has 0 aliphatic heterocycles. The van der Waals surface area contributed by atoms with E-state index < -0.39 is 0 Å². The second kappa shape index (κ2) is 9.04. The Morgan fingerprint density at radius 2 is 1.22 bits per heavy atom. The molecule has 5 aromatic carbocycles. The summed E-state index contributed by atoms with van der Waals surface area (Å²) in [6, 6.07) is 43.2. The van der Waals surface area contributed by atoms with Crippen molar-refractivity contribution in [2.24, 2.45) is 0 Å². The normalized spacial score (nSPS) is 10.8. The van der Waals surface area contributed by atoms with Crippen LogP contribution in [-0.4, -0.2) is 4.57 Å². The topological polar surface area (TPSA) is 55.8 Å². The van der Waals surface area contributed by atoms with Gasteiger partial charge < -0.3 is 9.47 Å². The van der Waals surface area contributed by atoms with Crippen molar-refractivity contribution in [1.82, 2.24) is 4.57 Å². The Hall–Kier alpha value is -5.32. The number of benzene rings is 5. The molecule has 0 unspecified atom stereocenters. The summed E-state index contributed by atoms with van der Waals surface area (Å²) in [6.07, 6.45) is 0. The molecular formula is C33H22N4. The predicted octanol–water partition coefficient (Wildman–Crippen LogP) is 8.31. The first-order valence-corrected chi connectivity index (χ1v) is 12.1. The Labute approximate surface area is 215 Å². The smallest absolute Gasteiger partial charge is 0.0991 e. The highest BCUT2D eigenvalue weighted by molar-refractivity contribution is 6.09. The van der Waals surface area contributed by atoms with E-state index in [0.717, 1.165) is 50.1 Å².